The third-order valence-corrected chi connectivity index (χ3v) is 7.05. The Kier molecular flexibility index (Phi) is 6.67. The number of aromatic nitrogens is 3. The Balaban J connectivity index is 1.43. The molecule has 0 bridgehead atoms. The molecular formula is C23H28N4O3S. The smallest absolute Gasteiger partial charge is 0.212 e. The molecule has 1 aromatic carbocycles. The zero-order chi connectivity index (χ0) is 21.7. The Morgan fingerprint density at radius 1 is 1.10 bits per heavy atom. The van der Waals surface area contributed by atoms with E-state index >= 15 is 0 Å². The Hall–Kier alpha value is -2.71. The quantitative estimate of drug-likeness (QED) is 0.548. The lowest BCUT2D eigenvalue weighted by atomic mass is 10.1. The molecule has 7 nitrogen and oxygen atoms in total. The monoisotopic (exact) mass is 440 g/mol. The van der Waals surface area contributed by atoms with Crippen LogP contribution in [0, 0.1) is 0 Å². The molecule has 0 saturated heterocycles. The maximum Gasteiger partial charge on any atom is 0.212 e. The van der Waals surface area contributed by atoms with Crippen molar-refractivity contribution in [2.24, 2.45) is 0 Å². The van der Waals surface area contributed by atoms with Crippen LogP contribution in [-0.2, 0) is 23.0 Å². The normalized spacial score (nSPS) is 14.7. The van der Waals surface area contributed by atoms with E-state index in [4.69, 9.17) is 9.84 Å². The van der Waals surface area contributed by atoms with Crippen LogP contribution in [0.4, 0.5) is 0 Å². The van der Waals surface area contributed by atoms with Crippen LogP contribution in [0.15, 0.2) is 54.9 Å². The largest absolute Gasteiger partial charge is 0.497 e. The molecule has 1 aliphatic carbocycles. The van der Waals surface area contributed by atoms with E-state index in [-0.39, 0.29) is 12.3 Å². The average molecular weight is 441 g/mol. The molecule has 1 saturated carbocycles. The molecule has 1 N–H and O–H groups in total. The molecule has 8 heteroatoms. The van der Waals surface area contributed by atoms with E-state index in [1.165, 1.54) is 12.8 Å². The van der Waals surface area contributed by atoms with Gasteiger partial charge >= 0.3 is 0 Å². The molecule has 2 aromatic heterocycles. The number of nitrogens with one attached hydrogen (secondary N) is 1. The van der Waals surface area contributed by atoms with Crippen LogP contribution in [-0.4, -0.2) is 36.0 Å². The van der Waals surface area contributed by atoms with Crippen molar-refractivity contribution in [2.45, 2.75) is 44.7 Å². The molecule has 31 heavy (non-hydrogen) atoms. The summed E-state index contributed by atoms with van der Waals surface area (Å²) < 4.78 is 35.0. The number of methoxy groups -OCH3 is 1. The summed E-state index contributed by atoms with van der Waals surface area (Å²) in [6.45, 7) is 0.183. The molecule has 1 fully saturated rings. The minimum absolute atomic E-state index is 0.0277. The Morgan fingerprint density at radius 3 is 2.48 bits per heavy atom. The van der Waals surface area contributed by atoms with Gasteiger partial charge in [-0.2, -0.15) is 5.10 Å². The van der Waals surface area contributed by atoms with Crippen molar-refractivity contribution < 1.29 is 13.2 Å². The van der Waals surface area contributed by atoms with Crippen molar-refractivity contribution in [3.8, 4) is 17.0 Å². The predicted octanol–water partition coefficient (Wildman–Crippen LogP) is 3.73. The highest BCUT2D eigenvalue weighted by molar-refractivity contribution is 7.89. The van der Waals surface area contributed by atoms with Gasteiger partial charge in [0, 0.05) is 18.0 Å². The SMILES string of the molecule is COc1ccc(CCS(=O)(=O)NCc2cc(-c3ccncc3)n(C3CCCC3)n2)cc1. The second-order valence-corrected chi connectivity index (χ2v) is 9.80. The lowest BCUT2D eigenvalue weighted by molar-refractivity contribution is 0.414. The average Bonchev–Trinajstić information content (AvgIpc) is 3.47. The molecule has 1 aliphatic rings. The maximum atomic E-state index is 12.5. The molecule has 2 heterocycles. The van der Waals surface area contributed by atoms with Crippen LogP contribution in [0.2, 0.25) is 0 Å². The fraction of sp³-hybridized carbons (Fsp3) is 0.391. The second kappa shape index (κ2) is 9.62. The Bertz CT molecular complexity index is 1090. The highest BCUT2D eigenvalue weighted by Crippen LogP contribution is 2.33. The number of hydrogen-bond acceptors (Lipinski definition) is 5. The van der Waals surface area contributed by atoms with Crippen molar-refractivity contribution in [3.05, 3.63) is 66.1 Å². The van der Waals surface area contributed by atoms with E-state index in [0.29, 0.717) is 12.5 Å². The third-order valence-electron chi connectivity index (χ3n) is 5.72. The molecule has 0 spiro atoms. The summed E-state index contributed by atoms with van der Waals surface area (Å²) in [6.07, 6.45) is 8.59. The number of aryl methyl sites for hydroxylation is 1. The molecule has 3 aromatic rings. The summed E-state index contributed by atoms with van der Waals surface area (Å²) >= 11 is 0. The molecule has 0 aliphatic heterocycles. The van der Waals surface area contributed by atoms with Gasteiger partial charge in [-0.1, -0.05) is 25.0 Å². The van der Waals surface area contributed by atoms with E-state index in [0.717, 1.165) is 41.1 Å². The van der Waals surface area contributed by atoms with Crippen LogP contribution >= 0.6 is 0 Å². The van der Waals surface area contributed by atoms with E-state index in [2.05, 4.69) is 14.4 Å². The number of hydrogen-bond donors (Lipinski definition) is 1. The van der Waals surface area contributed by atoms with Gasteiger partial charge < -0.3 is 4.74 Å². The fourth-order valence-corrected chi connectivity index (χ4v) is 5.01. The van der Waals surface area contributed by atoms with Gasteiger partial charge in [0.25, 0.3) is 0 Å². The molecule has 164 valence electrons. The van der Waals surface area contributed by atoms with Crippen molar-refractivity contribution in [2.75, 3.05) is 12.9 Å². The molecule has 0 amide bonds. The number of pyridine rings is 1. The van der Waals surface area contributed by atoms with E-state index in [1.54, 1.807) is 19.5 Å². The van der Waals surface area contributed by atoms with Gasteiger partial charge in [0.1, 0.15) is 5.75 Å². The van der Waals surface area contributed by atoms with Crippen LogP contribution in [0.25, 0.3) is 11.3 Å². The van der Waals surface area contributed by atoms with Crippen LogP contribution in [0.1, 0.15) is 43.0 Å². The molecule has 0 atom stereocenters. The molecule has 0 radical (unpaired) electrons. The van der Waals surface area contributed by atoms with Gasteiger partial charge in [-0.3, -0.25) is 9.67 Å². The van der Waals surface area contributed by atoms with Crippen LogP contribution in [0.5, 0.6) is 5.75 Å². The number of ether oxygens (including phenoxy) is 1. The molecule has 0 unspecified atom stereocenters. The minimum atomic E-state index is -3.42. The summed E-state index contributed by atoms with van der Waals surface area (Å²) in [5, 5.41) is 4.76. The lowest BCUT2D eigenvalue weighted by Gasteiger charge is -2.14. The highest BCUT2D eigenvalue weighted by atomic mass is 32.2. The summed E-state index contributed by atoms with van der Waals surface area (Å²) in [6, 6.07) is 13.7. The first-order valence-electron chi connectivity index (χ1n) is 10.6. The van der Waals surface area contributed by atoms with Gasteiger partial charge in [0.15, 0.2) is 0 Å². The fourth-order valence-electron chi connectivity index (χ4n) is 4.00. The summed E-state index contributed by atoms with van der Waals surface area (Å²) in [5.41, 5.74) is 3.74. The Labute approximate surface area is 183 Å². The summed E-state index contributed by atoms with van der Waals surface area (Å²) in [4.78, 5) is 4.10. The summed E-state index contributed by atoms with van der Waals surface area (Å²) in [5.74, 6) is 0.785. The van der Waals surface area contributed by atoms with Gasteiger partial charge in [0.05, 0.1) is 36.8 Å². The molecular weight excluding hydrogens is 412 g/mol. The first-order valence-corrected chi connectivity index (χ1v) is 12.3. The van der Waals surface area contributed by atoms with E-state index in [1.807, 2.05) is 42.5 Å². The van der Waals surface area contributed by atoms with Crippen LogP contribution < -0.4 is 9.46 Å². The van der Waals surface area contributed by atoms with Gasteiger partial charge in [0.2, 0.25) is 10.0 Å². The third kappa shape index (κ3) is 5.51. The lowest BCUT2D eigenvalue weighted by Crippen LogP contribution is -2.27. The zero-order valence-electron chi connectivity index (χ0n) is 17.7. The van der Waals surface area contributed by atoms with Crippen molar-refractivity contribution in [3.63, 3.8) is 0 Å². The van der Waals surface area contributed by atoms with Crippen molar-refractivity contribution in [1.82, 2.24) is 19.5 Å². The van der Waals surface area contributed by atoms with E-state index < -0.39 is 10.0 Å². The molecule has 4 rings (SSSR count). The number of benzene rings is 1. The van der Waals surface area contributed by atoms with Crippen molar-refractivity contribution >= 4 is 10.0 Å². The zero-order valence-corrected chi connectivity index (χ0v) is 18.5. The van der Waals surface area contributed by atoms with Gasteiger partial charge in [-0.25, -0.2) is 13.1 Å². The second-order valence-electron chi connectivity index (χ2n) is 7.88. The number of rotatable bonds is 9. The Morgan fingerprint density at radius 2 is 1.81 bits per heavy atom. The van der Waals surface area contributed by atoms with Gasteiger partial charge in [-0.05, 0) is 55.2 Å². The van der Waals surface area contributed by atoms with Gasteiger partial charge in [-0.15, -0.1) is 0 Å². The first kappa shape index (κ1) is 21.5. The van der Waals surface area contributed by atoms with Crippen molar-refractivity contribution in [1.29, 1.82) is 0 Å². The maximum absolute atomic E-state index is 12.5. The topological polar surface area (TPSA) is 86.1 Å². The standard InChI is InChI=1S/C23H28N4O3S/c1-30-22-8-6-18(7-9-22)12-15-31(28,29)25-17-20-16-23(19-10-13-24-14-11-19)27(26-20)21-4-2-3-5-21/h6-11,13-14,16,21,25H,2-5,12,15,17H2,1H3. The predicted molar refractivity (Wildman–Crippen MR) is 120 cm³/mol. The highest BCUT2D eigenvalue weighted by Gasteiger charge is 2.22. The number of nitrogens with zero attached hydrogens (tertiary/aromatic N) is 3. The number of sulfonamides is 1. The summed E-state index contributed by atoms with van der Waals surface area (Å²) in [7, 11) is -1.81. The van der Waals surface area contributed by atoms with E-state index in [9.17, 15) is 8.42 Å². The first-order chi connectivity index (χ1) is 15.0. The minimum Gasteiger partial charge on any atom is -0.497 e. The van der Waals surface area contributed by atoms with Crippen LogP contribution in [0.3, 0.4) is 0 Å².